The Labute approximate surface area is 112 Å². The molecule has 2 rings (SSSR count). The number of carboxylic acid groups (broad SMARTS) is 1. The summed E-state index contributed by atoms with van der Waals surface area (Å²) in [6.07, 6.45) is 0.489. The van der Waals surface area contributed by atoms with Gasteiger partial charge in [0, 0.05) is 0 Å². The van der Waals surface area contributed by atoms with Gasteiger partial charge in [0.15, 0.2) is 0 Å². The predicted octanol–water partition coefficient (Wildman–Crippen LogP) is 3.11. The van der Waals surface area contributed by atoms with E-state index in [2.05, 4.69) is 0 Å². The maximum absolute atomic E-state index is 11.4. The number of methoxy groups -OCH3 is 1. The smallest absolute Gasteiger partial charge is 0.311 e. The van der Waals surface area contributed by atoms with Crippen LogP contribution in [0.2, 0.25) is 0 Å². The zero-order valence-electron chi connectivity index (χ0n) is 10.7. The highest BCUT2D eigenvalue weighted by molar-refractivity contribution is 5.76. The molecule has 0 amide bonds. The van der Waals surface area contributed by atoms with Crippen molar-refractivity contribution in [2.24, 2.45) is 0 Å². The maximum Gasteiger partial charge on any atom is 0.311 e. The summed E-state index contributed by atoms with van der Waals surface area (Å²) in [5, 5.41) is 9.38. The SMILES string of the molecule is COc1ccc([C@@H](Cc2ccccc2)C(=O)O)cc1. The summed E-state index contributed by atoms with van der Waals surface area (Å²) < 4.78 is 5.08. The van der Waals surface area contributed by atoms with Crippen LogP contribution in [0.1, 0.15) is 17.0 Å². The first kappa shape index (κ1) is 13.1. The van der Waals surface area contributed by atoms with Gasteiger partial charge in [-0.15, -0.1) is 0 Å². The van der Waals surface area contributed by atoms with Gasteiger partial charge in [-0.3, -0.25) is 4.79 Å². The number of benzene rings is 2. The molecule has 0 aromatic heterocycles. The molecule has 0 bridgehead atoms. The summed E-state index contributed by atoms with van der Waals surface area (Å²) in [4.78, 5) is 11.4. The summed E-state index contributed by atoms with van der Waals surface area (Å²) >= 11 is 0. The molecule has 2 aromatic rings. The van der Waals surface area contributed by atoms with Gasteiger partial charge in [0.05, 0.1) is 13.0 Å². The Kier molecular flexibility index (Phi) is 4.18. The van der Waals surface area contributed by atoms with E-state index in [1.165, 1.54) is 0 Å². The van der Waals surface area contributed by atoms with E-state index in [0.717, 1.165) is 16.9 Å². The third kappa shape index (κ3) is 3.35. The van der Waals surface area contributed by atoms with Gasteiger partial charge in [-0.05, 0) is 29.7 Å². The van der Waals surface area contributed by atoms with Crippen LogP contribution in [-0.2, 0) is 11.2 Å². The van der Waals surface area contributed by atoms with Crippen molar-refractivity contribution in [1.82, 2.24) is 0 Å². The number of carbonyl (C=O) groups is 1. The summed E-state index contributed by atoms with van der Waals surface area (Å²) in [7, 11) is 1.59. The average Bonchev–Trinajstić information content (AvgIpc) is 2.46. The van der Waals surface area contributed by atoms with Crippen LogP contribution in [0, 0.1) is 0 Å². The van der Waals surface area contributed by atoms with Gasteiger partial charge in [-0.25, -0.2) is 0 Å². The van der Waals surface area contributed by atoms with Gasteiger partial charge in [0.2, 0.25) is 0 Å². The Morgan fingerprint density at radius 3 is 2.26 bits per heavy atom. The minimum Gasteiger partial charge on any atom is -0.497 e. The van der Waals surface area contributed by atoms with Crippen LogP contribution in [0.3, 0.4) is 0 Å². The molecular weight excluding hydrogens is 240 g/mol. The molecule has 1 N–H and O–H groups in total. The first-order valence-electron chi connectivity index (χ1n) is 6.11. The van der Waals surface area contributed by atoms with Crippen LogP contribution >= 0.6 is 0 Å². The number of hydrogen-bond acceptors (Lipinski definition) is 2. The second-order valence-electron chi connectivity index (χ2n) is 4.35. The first-order valence-corrected chi connectivity index (χ1v) is 6.11. The van der Waals surface area contributed by atoms with E-state index in [9.17, 15) is 9.90 Å². The number of rotatable bonds is 5. The van der Waals surface area contributed by atoms with Gasteiger partial charge >= 0.3 is 5.97 Å². The van der Waals surface area contributed by atoms with Crippen LogP contribution in [0.4, 0.5) is 0 Å². The van der Waals surface area contributed by atoms with E-state index in [1.807, 2.05) is 30.3 Å². The Hall–Kier alpha value is -2.29. The van der Waals surface area contributed by atoms with Crippen molar-refractivity contribution >= 4 is 5.97 Å². The molecule has 0 spiro atoms. The van der Waals surface area contributed by atoms with Crippen molar-refractivity contribution in [2.45, 2.75) is 12.3 Å². The molecule has 0 saturated carbocycles. The monoisotopic (exact) mass is 256 g/mol. The predicted molar refractivity (Wildman–Crippen MR) is 73.5 cm³/mol. The van der Waals surface area contributed by atoms with Crippen molar-refractivity contribution < 1.29 is 14.6 Å². The van der Waals surface area contributed by atoms with E-state index >= 15 is 0 Å². The molecule has 0 aliphatic carbocycles. The fourth-order valence-corrected chi connectivity index (χ4v) is 2.03. The molecule has 98 valence electrons. The second-order valence-corrected chi connectivity index (χ2v) is 4.35. The lowest BCUT2D eigenvalue weighted by molar-refractivity contribution is -0.138. The lowest BCUT2D eigenvalue weighted by Gasteiger charge is -2.13. The number of carboxylic acids is 1. The van der Waals surface area contributed by atoms with Crippen LogP contribution in [0.5, 0.6) is 5.75 Å². The van der Waals surface area contributed by atoms with E-state index in [-0.39, 0.29) is 0 Å². The van der Waals surface area contributed by atoms with Gasteiger partial charge < -0.3 is 9.84 Å². The largest absolute Gasteiger partial charge is 0.497 e. The minimum absolute atomic E-state index is 0.489. The standard InChI is InChI=1S/C16H16O3/c1-19-14-9-7-13(8-10-14)15(16(17)18)11-12-5-3-2-4-6-12/h2-10,15H,11H2,1H3,(H,17,18)/t15-/m1/s1. The highest BCUT2D eigenvalue weighted by Crippen LogP contribution is 2.23. The Bertz CT molecular complexity index is 532. The summed E-state index contributed by atoms with van der Waals surface area (Å²) in [5.41, 5.74) is 1.81. The normalized spacial score (nSPS) is 11.8. The van der Waals surface area contributed by atoms with Gasteiger partial charge in [0.1, 0.15) is 5.75 Å². The Morgan fingerprint density at radius 2 is 1.74 bits per heavy atom. The van der Waals surface area contributed by atoms with Crippen molar-refractivity contribution in [3.63, 3.8) is 0 Å². The minimum atomic E-state index is -0.811. The third-order valence-electron chi connectivity index (χ3n) is 3.10. The van der Waals surface area contributed by atoms with Crippen LogP contribution < -0.4 is 4.74 Å². The quantitative estimate of drug-likeness (QED) is 0.894. The van der Waals surface area contributed by atoms with E-state index < -0.39 is 11.9 Å². The zero-order chi connectivity index (χ0) is 13.7. The molecule has 0 heterocycles. The van der Waals surface area contributed by atoms with Gasteiger partial charge in [-0.1, -0.05) is 42.5 Å². The molecule has 1 atom stereocenters. The summed E-state index contributed by atoms with van der Waals surface area (Å²) in [6.45, 7) is 0. The molecule has 0 fully saturated rings. The average molecular weight is 256 g/mol. The lowest BCUT2D eigenvalue weighted by atomic mass is 9.92. The van der Waals surface area contributed by atoms with E-state index in [1.54, 1.807) is 31.4 Å². The van der Waals surface area contributed by atoms with Gasteiger partial charge in [-0.2, -0.15) is 0 Å². The third-order valence-corrected chi connectivity index (χ3v) is 3.10. The van der Waals surface area contributed by atoms with Crippen LogP contribution in [0.15, 0.2) is 54.6 Å². The molecular formula is C16H16O3. The van der Waals surface area contributed by atoms with E-state index in [4.69, 9.17) is 4.74 Å². The number of aliphatic carboxylic acids is 1. The van der Waals surface area contributed by atoms with Gasteiger partial charge in [0.25, 0.3) is 0 Å². The molecule has 0 aliphatic heterocycles. The molecule has 0 unspecified atom stereocenters. The Morgan fingerprint density at radius 1 is 1.11 bits per heavy atom. The van der Waals surface area contributed by atoms with E-state index in [0.29, 0.717) is 6.42 Å². The number of ether oxygens (including phenoxy) is 1. The zero-order valence-corrected chi connectivity index (χ0v) is 10.7. The van der Waals surface area contributed by atoms with Crippen molar-refractivity contribution in [2.75, 3.05) is 7.11 Å². The summed E-state index contributed by atoms with van der Waals surface area (Å²) in [6, 6.07) is 16.8. The van der Waals surface area contributed by atoms with Crippen LogP contribution in [-0.4, -0.2) is 18.2 Å². The number of hydrogen-bond donors (Lipinski definition) is 1. The van der Waals surface area contributed by atoms with Crippen molar-refractivity contribution in [1.29, 1.82) is 0 Å². The Balaban J connectivity index is 2.22. The highest BCUT2D eigenvalue weighted by atomic mass is 16.5. The topological polar surface area (TPSA) is 46.5 Å². The maximum atomic E-state index is 11.4. The molecule has 2 aromatic carbocycles. The molecule has 0 aliphatic rings. The molecule has 3 nitrogen and oxygen atoms in total. The second kappa shape index (κ2) is 6.05. The fraction of sp³-hybridized carbons (Fsp3) is 0.188. The molecule has 3 heteroatoms. The molecule has 19 heavy (non-hydrogen) atoms. The first-order chi connectivity index (χ1) is 9.20. The van der Waals surface area contributed by atoms with Crippen molar-refractivity contribution in [3.05, 3.63) is 65.7 Å². The fourth-order valence-electron chi connectivity index (χ4n) is 2.03. The van der Waals surface area contributed by atoms with Crippen molar-refractivity contribution in [3.8, 4) is 5.75 Å². The summed E-state index contributed by atoms with van der Waals surface area (Å²) in [5.74, 6) is -0.616. The lowest BCUT2D eigenvalue weighted by Crippen LogP contribution is -2.14. The molecule has 0 radical (unpaired) electrons. The molecule has 0 saturated heterocycles. The highest BCUT2D eigenvalue weighted by Gasteiger charge is 2.20. The van der Waals surface area contributed by atoms with Crippen LogP contribution in [0.25, 0.3) is 0 Å².